The van der Waals surface area contributed by atoms with E-state index in [2.05, 4.69) is 216 Å². The van der Waals surface area contributed by atoms with E-state index in [0.29, 0.717) is 0 Å². The highest BCUT2D eigenvalue weighted by atomic mass is 32.1. The van der Waals surface area contributed by atoms with Crippen LogP contribution in [-0.2, 0) is 0 Å². The normalized spacial score (nSPS) is 11.8. The summed E-state index contributed by atoms with van der Waals surface area (Å²) in [6, 6.07) is 75.2. The van der Waals surface area contributed by atoms with Crippen molar-refractivity contribution in [2.75, 3.05) is 4.90 Å². The van der Waals surface area contributed by atoms with Crippen LogP contribution in [0.4, 0.5) is 17.1 Å². The summed E-state index contributed by atoms with van der Waals surface area (Å²) in [6.07, 6.45) is 0. The van der Waals surface area contributed by atoms with Crippen LogP contribution in [0.15, 0.2) is 206 Å². The van der Waals surface area contributed by atoms with Crippen LogP contribution in [0, 0.1) is 0 Å². The summed E-state index contributed by atoms with van der Waals surface area (Å²) < 4.78 is 7.81. The van der Waals surface area contributed by atoms with Crippen LogP contribution in [-0.4, -0.2) is 4.57 Å². The first-order valence-corrected chi connectivity index (χ1v) is 21.3. The molecule has 0 bridgehead atoms. The molecule has 3 heterocycles. The highest BCUT2D eigenvalue weighted by Crippen LogP contribution is 2.48. The highest BCUT2D eigenvalue weighted by molar-refractivity contribution is 7.26. The van der Waals surface area contributed by atoms with Gasteiger partial charge in [-0.3, -0.25) is 0 Å². The Morgan fingerprint density at radius 3 is 1.19 bits per heavy atom. The number of anilines is 3. The van der Waals surface area contributed by atoms with E-state index in [0.717, 1.165) is 22.7 Å². The van der Waals surface area contributed by atoms with Gasteiger partial charge in [0.25, 0.3) is 0 Å². The maximum absolute atomic E-state index is 2.48. The standard InChI is InChI=1S/C54H34N2S2/c1-3-11-35(12-4-1)36-19-25-40(26-20-36)55(39-13-5-2-6-14-39)41-27-21-37(22-28-41)38-23-29-42(30-24-38)56-45-31-33-49-51(43-15-7-9-17-47(43)57-49)53(45)54-46(56)32-34-50-52(54)44-16-8-10-18-48(44)58-50/h1-34H. The van der Waals surface area contributed by atoms with Crippen LogP contribution in [0.2, 0.25) is 0 Å². The fourth-order valence-corrected chi connectivity index (χ4v) is 11.2. The molecule has 4 heteroatoms. The molecule has 0 radical (unpaired) electrons. The molecule has 12 aromatic rings. The lowest BCUT2D eigenvalue weighted by Crippen LogP contribution is -2.09. The quantitative estimate of drug-likeness (QED) is 0.163. The fraction of sp³-hybridized carbons (Fsp3) is 0. The molecular weight excluding hydrogens is 741 g/mol. The van der Waals surface area contributed by atoms with Crippen molar-refractivity contribution < 1.29 is 0 Å². The minimum absolute atomic E-state index is 1.11. The highest BCUT2D eigenvalue weighted by Gasteiger charge is 2.22. The second-order valence-corrected chi connectivity index (χ2v) is 17.0. The predicted octanol–water partition coefficient (Wildman–Crippen LogP) is 16.3. The van der Waals surface area contributed by atoms with Gasteiger partial charge < -0.3 is 9.47 Å². The van der Waals surface area contributed by atoms with Gasteiger partial charge in [0.15, 0.2) is 0 Å². The Hall–Kier alpha value is -6.98. The van der Waals surface area contributed by atoms with E-state index in [9.17, 15) is 0 Å². The Kier molecular flexibility index (Phi) is 7.62. The zero-order valence-electron chi connectivity index (χ0n) is 31.3. The van der Waals surface area contributed by atoms with Gasteiger partial charge in [0.1, 0.15) is 0 Å². The van der Waals surface area contributed by atoms with Gasteiger partial charge in [-0.05, 0) is 107 Å². The fourth-order valence-electron chi connectivity index (χ4n) is 8.96. The molecule has 0 aliphatic carbocycles. The zero-order chi connectivity index (χ0) is 38.2. The Morgan fingerprint density at radius 1 is 0.293 bits per heavy atom. The Bertz CT molecular complexity index is 3340. The second kappa shape index (κ2) is 13.3. The maximum Gasteiger partial charge on any atom is 0.0548 e. The molecule has 0 spiro atoms. The van der Waals surface area contributed by atoms with Crippen molar-refractivity contribution in [3.63, 3.8) is 0 Å². The van der Waals surface area contributed by atoms with Crippen molar-refractivity contribution in [2.45, 2.75) is 0 Å². The molecule has 3 aromatic heterocycles. The number of para-hydroxylation sites is 1. The first-order chi connectivity index (χ1) is 28.8. The molecule has 0 fully saturated rings. The van der Waals surface area contributed by atoms with E-state index >= 15 is 0 Å². The molecule has 0 atom stereocenters. The smallest absolute Gasteiger partial charge is 0.0548 e. The molecule has 0 N–H and O–H groups in total. The maximum atomic E-state index is 2.48. The predicted molar refractivity (Wildman–Crippen MR) is 252 cm³/mol. The van der Waals surface area contributed by atoms with Crippen LogP contribution >= 0.6 is 22.7 Å². The van der Waals surface area contributed by atoms with E-state index in [-0.39, 0.29) is 0 Å². The summed E-state index contributed by atoms with van der Waals surface area (Å²) in [5.41, 5.74) is 11.8. The summed E-state index contributed by atoms with van der Waals surface area (Å²) in [5.74, 6) is 0. The molecular formula is C54H34N2S2. The Morgan fingerprint density at radius 2 is 0.690 bits per heavy atom. The molecule has 0 amide bonds. The number of fused-ring (bicyclic) bond motifs is 11. The summed E-state index contributed by atoms with van der Waals surface area (Å²) in [7, 11) is 0. The van der Waals surface area contributed by atoms with Gasteiger partial charge in [-0.25, -0.2) is 0 Å². The average Bonchev–Trinajstić information content (AvgIpc) is 3.97. The third-order valence-electron chi connectivity index (χ3n) is 11.6. The van der Waals surface area contributed by atoms with Crippen LogP contribution in [0.3, 0.4) is 0 Å². The number of benzene rings is 9. The van der Waals surface area contributed by atoms with E-state index in [1.165, 1.54) is 84.4 Å². The van der Waals surface area contributed by atoms with E-state index in [1.807, 2.05) is 22.7 Å². The molecule has 0 saturated carbocycles. The lowest BCUT2D eigenvalue weighted by molar-refractivity contribution is 1.18. The third-order valence-corrected chi connectivity index (χ3v) is 13.9. The van der Waals surface area contributed by atoms with Crippen molar-refractivity contribution >= 4 is 102 Å². The topological polar surface area (TPSA) is 8.17 Å². The van der Waals surface area contributed by atoms with E-state index in [4.69, 9.17) is 0 Å². The summed E-state index contributed by atoms with van der Waals surface area (Å²) in [6.45, 7) is 0. The molecule has 0 aliphatic rings. The van der Waals surface area contributed by atoms with E-state index in [1.54, 1.807) is 0 Å². The zero-order valence-corrected chi connectivity index (χ0v) is 33.0. The second-order valence-electron chi connectivity index (χ2n) is 14.9. The van der Waals surface area contributed by atoms with E-state index < -0.39 is 0 Å². The van der Waals surface area contributed by atoms with Crippen LogP contribution in [0.25, 0.3) is 90.1 Å². The van der Waals surface area contributed by atoms with Crippen molar-refractivity contribution in [3.8, 4) is 27.9 Å². The SMILES string of the molecule is c1ccc(-c2ccc(N(c3ccccc3)c3ccc(-c4ccc(-n5c6ccc7sc8ccccc8c7c6c6c7c(ccc65)sc5ccccc57)cc4)cc3)cc2)cc1. The van der Waals surface area contributed by atoms with Crippen molar-refractivity contribution in [1.82, 2.24) is 4.57 Å². The number of thiophene rings is 2. The van der Waals surface area contributed by atoms with Gasteiger partial charge in [-0.1, -0.05) is 121 Å². The summed E-state index contributed by atoms with van der Waals surface area (Å²) in [4.78, 5) is 2.32. The van der Waals surface area contributed by atoms with Gasteiger partial charge >= 0.3 is 0 Å². The first kappa shape index (κ1) is 33.2. The first-order valence-electron chi connectivity index (χ1n) is 19.7. The van der Waals surface area contributed by atoms with Gasteiger partial charge in [-0.2, -0.15) is 0 Å². The average molecular weight is 775 g/mol. The Labute approximate surface area is 343 Å². The monoisotopic (exact) mass is 774 g/mol. The lowest BCUT2D eigenvalue weighted by Gasteiger charge is -2.26. The number of nitrogens with zero attached hydrogens (tertiary/aromatic N) is 2. The molecule has 272 valence electrons. The Balaban J connectivity index is 0.962. The lowest BCUT2D eigenvalue weighted by atomic mass is 10.0. The number of aromatic nitrogens is 1. The minimum atomic E-state index is 1.11. The van der Waals surface area contributed by atoms with Crippen molar-refractivity contribution in [2.24, 2.45) is 0 Å². The van der Waals surface area contributed by atoms with Crippen LogP contribution < -0.4 is 4.90 Å². The number of rotatable bonds is 6. The summed E-state index contributed by atoms with van der Waals surface area (Å²) >= 11 is 3.78. The van der Waals surface area contributed by atoms with Gasteiger partial charge in [0.05, 0.1) is 11.0 Å². The minimum Gasteiger partial charge on any atom is -0.311 e. The van der Waals surface area contributed by atoms with Crippen LogP contribution in [0.5, 0.6) is 0 Å². The largest absolute Gasteiger partial charge is 0.311 e. The molecule has 0 unspecified atom stereocenters. The molecule has 58 heavy (non-hydrogen) atoms. The molecule has 9 aromatic carbocycles. The van der Waals surface area contributed by atoms with Gasteiger partial charge in [0.2, 0.25) is 0 Å². The molecule has 0 saturated heterocycles. The van der Waals surface area contributed by atoms with Gasteiger partial charge in [-0.15, -0.1) is 22.7 Å². The summed E-state index contributed by atoms with van der Waals surface area (Å²) in [5, 5.41) is 8.07. The van der Waals surface area contributed by atoms with Gasteiger partial charge in [0, 0.05) is 73.9 Å². The number of hydrogen-bond acceptors (Lipinski definition) is 3. The molecule has 2 nitrogen and oxygen atoms in total. The van der Waals surface area contributed by atoms with Crippen LogP contribution in [0.1, 0.15) is 0 Å². The molecule has 0 aliphatic heterocycles. The van der Waals surface area contributed by atoms with Crippen molar-refractivity contribution in [1.29, 1.82) is 0 Å². The number of hydrogen-bond donors (Lipinski definition) is 0. The third kappa shape index (κ3) is 5.23. The van der Waals surface area contributed by atoms with Crippen molar-refractivity contribution in [3.05, 3.63) is 206 Å². The molecule has 12 rings (SSSR count).